The van der Waals surface area contributed by atoms with Gasteiger partial charge in [0.2, 0.25) is 5.91 Å². The summed E-state index contributed by atoms with van der Waals surface area (Å²) in [6.45, 7) is 4.58. The Bertz CT molecular complexity index is 1490. The highest BCUT2D eigenvalue weighted by atomic mass is 32.1. The van der Waals surface area contributed by atoms with E-state index in [2.05, 4.69) is 9.88 Å². The number of carbonyl (C=O) groups excluding carboxylic acids is 3. The summed E-state index contributed by atoms with van der Waals surface area (Å²) in [6.07, 6.45) is 1.90. The lowest BCUT2D eigenvalue weighted by atomic mass is 10.0. The number of aromatic nitrogens is 2. The number of para-hydroxylation sites is 1. The van der Waals surface area contributed by atoms with Crippen molar-refractivity contribution in [3.8, 4) is 0 Å². The van der Waals surface area contributed by atoms with E-state index in [-0.39, 0.29) is 24.3 Å². The number of benzene rings is 2. The molecule has 0 aliphatic carbocycles. The minimum atomic E-state index is -0.0150. The van der Waals surface area contributed by atoms with Crippen LogP contribution in [-0.2, 0) is 11.3 Å². The van der Waals surface area contributed by atoms with Crippen molar-refractivity contribution in [1.82, 2.24) is 24.3 Å². The van der Waals surface area contributed by atoms with Gasteiger partial charge in [0, 0.05) is 86.1 Å². The van der Waals surface area contributed by atoms with Crippen LogP contribution in [0, 0.1) is 0 Å². The van der Waals surface area contributed by atoms with Gasteiger partial charge in [-0.1, -0.05) is 18.2 Å². The molecule has 0 saturated carbocycles. The van der Waals surface area contributed by atoms with Gasteiger partial charge in [0.15, 0.2) is 0 Å². The van der Waals surface area contributed by atoms with Gasteiger partial charge in [0.1, 0.15) is 12.2 Å². The number of carbonyl (C=O) groups is 3. The molecule has 9 nitrogen and oxygen atoms in total. The maximum absolute atomic E-state index is 13.2. The van der Waals surface area contributed by atoms with Crippen LogP contribution in [0.4, 0.5) is 5.69 Å². The number of amides is 3. The third-order valence-electron chi connectivity index (χ3n) is 7.76. The van der Waals surface area contributed by atoms with Crippen LogP contribution in [0.15, 0.2) is 71.7 Å². The third kappa shape index (κ3) is 5.05. The van der Waals surface area contributed by atoms with E-state index < -0.39 is 0 Å². The van der Waals surface area contributed by atoms with Gasteiger partial charge in [0.05, 0.1) is 5.51 Å². The largest absolute Gasteiger partial charge is 0.338 e. The molecule has 200 valence electrons. The molecule has 0 unspecified atom stereocenters. The van der Waals surface area contributed by atoms with Gasteiger partial charge >= 0.3 is 0 Å². The molecule has 0 bridgehead atoms. The summed E-state index contributed by atoms with van der Waals surface area (Å²) in [4.78, 5) is 50.5. The van der Waals surface area contributed by atoms with E-state index in [1.807, 2.05) is 75.2 Å². The molecule has 6 rings (SSSR count). The van der Waals surface area contributed by atoms with Crippen LogP contribution in [-0.4, -0.2) is 94.3 Å². The fraction of sp³-hybridized carbons (Fsp3) is 0.310. The molecule has 0 atom stereocenters. The summed E-state index contributed by atoms with van der Waals surface area (Å²) in [7, 11) is 1.78. The van der Waals surface area contributed by atoms with Crippen molar-refractivity contribution in [2.24, 2.45) is 0 Å². The highest BCUT2D eigenvalue weighted by Crippen LogP contribution is 2.24. The molecule has 4 heterocycles. The average molecular weight is 543 g/mol. The van der Waals surface area contributed by atoms with Crippen LogP contribution in [0.2, 0.25) is 0 Å². The maximum Gasteiger partial charge on any atom is 0.273 e. The van der Waals surface area contributed by atoms with E-state index in [0.717, 1.165) is 29.7 Å². The zero-order valence-corrected chi connectivity index (χ0v) is 22.6. The molecule has 39 heavy (non-hydrogen) atoms. The SMILES string of the molecule is CN(C(=O)Cn1ccc2cc(C(=O)N3CC(N4CCN(C(=O)c5cscn5)CC4)C3)ccc21)c1ccccc1. The molecule has 2 saturated heterocycles. The number of likely N-dealkylation sites (tertiary alicyclic amines) is 1. The van der Waals surface area contributed by atoms with Gasteiger partial charge in [0.25, 0.3) is 11.8 Å². The van der Waals surface area contributed by atoms with Crippen molar-refractivity contribution in [3.63, 3.8) is 0 Å². The zero-order valence-electron chi connectivity index (χ0n) is 21.8. The fourth-order valence-corrected chi connectivity index (χ4v) is 5.85. The van der Waals surface area contributed by atoms with Gasteiger partial charge in [-0.2, -0.15) is 0 Å². The summed E-state index contributed by atoms with van der Waals surface area (Å²) < 4.78 is 1.92. The Balaban J connectivity index is 1.03. The molecule has 2 aliphatic heterocycles. The molecule has 0 radical (unpaired) electrons. The van der Waals surface area contributed by atoms with E-state index in [1.54, 1.807) is 22.8 Å². The number of hydrogen-bond donors (Lipinski definition) is 0. The van der Waals surface area contributed by atoms with Crippen LogP contribution in [0.5, 0.6) is 0 Å². The zero-order chi connectivity index (χ0) is 26.9. The second-order valence-corrected chi connectivity index (χ2v) is 10.8. The fourth-order valence-electron chi connectivity index (χ4n) is 5.32. The Morgan fingerprint density at radius 3 is 2.44 bits per heavy atom. The molecular weight excluding hydrogens is 512 g/mol. The Kier molecular flexibility index (Phi) is 6.88. The highest BCUT2D eigenvalue weighted by Gasteiger charge is 2.37. The number of thiazole rings is 1. The predicted molar refractivity (Wildman–Crippen MR) is 151 cm³/mol. The second kappa shape index (κ2) is 10.6. The van der Waals surface area contributed by atoms with Crippen LogP contribution < -0.4 is 4.90 Å². The lowest BCUT2D eigenvalue weighted by Gasteiger charge is -2.48. The lowest BCUT2D eigenvalue weighted by molar-refractivity contribution is -0.118. The first kappa shape index (κ1) is 25.3. The van der Waals surface area contributed by atoms with Crippen LogP contribution in [0.3, 0.4) is 0 Å². The molecular formula is C29H30N6O3S. The normalized spacial score (nSPS) is 16.3. The van der Waals surface area contributed by atoms with Gasteiger partial charge < -0.3 is 19.3 Å². The van der Waals surface area contributed by atoms with Gasteiger partial charge in [-0.15, -0.1) is 11.3 Å². The summed E-state index contributed by atoms with van der Waals surface area (Å²) in [5.41, 5.74) is 4.64. The highest BCUT2D eigenvalue weighted by molar-refractivity contribution is 7.07. The monoisotopic (exact) mass is 542 g/mol. The van der Waals surface area contributed by atoms with E-state index >= 15 is 0 Å². The first-order valence-electron chi connectivity index (χ1n) is 13.1. The van der Waals surface area contributed by atoms with E-state index in [4.69, 9.17) is 0 Å². The lowest BCUT2D eigenvalue weighted by Crippen LogP contribution is -2.64. The van der Waals surface area contributed by atoms with Crippen molar-refractivity contribution < 1.29 is 14.4 Å². The van der Waals surface area contributed by atoms with Gasteiger partial charge in [-0.25, -0.2) is 4.98 Å². The predicted octanol–water partition coefficient (Wildman–Crippen LogP) is 3.04. The Morgan fingerprint density at radius 2 is 1.72 bits per heavy atom. The molecule has 0 spiro atoms. The number of rotatable bonds is 6. The maximum atomic E-state index is 13.2. The summed E-state index contributed by atoms with van der Waals surface area (Å²) in [6, 6.07) is 17.5. The molecule has 4 aromatic rings. The number of hydrogen-bond acceptors (Lipinski definition) is 6. The Morgan fingerprint density at radius 1 is 0.949 bits per heavy atom. The third-order valence-corrected chi connectivity index (χ3v) is 8.35. The quantitative estimate of drug-likeness (QED) is 0.374. The number of likely N-dealkylation sites (N-methyl/N-ethyl adjacent to an activating group) is 1. The number of anilines is 1. The number of piperazine rings is 1. The van der Waals surface area contributed by atoms with E-state index in [1.165, 1.54) is 11.3 Å². The average Bonchev–Trinajstić information content (AvgIpc) is 3.63. The molecule has 2 aliphatic rings. The summed E-state index contributed by atoms with van der Waals surface area (Å²) in [5.74, 6) is 0.00931. The van der Waals surface area contributed by atoms with Crippen LogP contribution >= 0.6 is 11.3 Å². The molecule has 2 aromatic carbocycles. The Hall–Kier alpha value is -4.02. The van der Waals surface area contributed by atoms with Crippen molar-refractivity contribution in [3.05, 3.63) is 82.9 Å². The summed E-state index contributed by atoms with van der Waals surface area (Å²) in [5, 5.41) is 2.73. The van der Waals surface area contributed by atoms with Crippen LogP contribution in [0.25, 0.3) is 10.9 Å². The summed E-state index contributed by atoms with van der Waals surface area (Å²) >= 11 is 1.43. The molecule has 3 amide bonds. The number of fused-ring (bicyclic) bond motifs is 1. The standard InChI is InChI=1S/C29H30N6O3S/c1-31(23-5-3-2-4-6-23)27(36)18-34-10-9-21-15-22(7-8-26(21)34)28(37)35-16-24(17-35)32-11-13-33(14-12-32)29(38)25-19-39-20-30-25/h2-10,15,19-20,24H,11-14,16-18H2,1H3. The van der Waals surface area contributed by atoms with Crippen molar-refractivity contribution in [1.29, 1.82) is 0 Å². The smallest absolute Gasteiger partial charge is 0.273 e. The first-order chi connectivity index (χ1) is 19.0. The van der Waals surface area contributed by atoms with Crippen molar-refractivity contribution in [2.45, 2.75) is 12.6 Å². The van der Waals surface area contributed by atoms with Crippen molar-refractivity contribution >= 4 is 45.6 Å². The minimum absolute atomic E-state index is 0.00174. The molecule has 0 N–H and O–H groups in total. The van der Waals surface area contributed by atoms with E-state index in [0.29, 0.717) is 43.5 Å². The van der Waals surface area contributed by atoms with E-state index in [9.17, 15) is 14.4 Å². The topological polar surface area (TPSA) is 82.0 Å². The molecule has 2 fully saturated rings. The Labute approximate surface area is 230 Å². The van der Waals surface area contributed by atoms with Gasteiger partial charge in [-0.05, 0) is 36.4 Å². The molecule has 10 heteroatoms. The molecule has 2 aromatic heterocycles. The first-order valence-corrected chi connectivity index (χ1v) is 14.0. The van der Waals surface area contributed by atoms with Gasteiger partial charge in [-0.3, -0.25) is 19.3 Å². The van der Waals surface area contributed by atoms with Crippen molar-refractivity contribution in [2.75, 3.05) is 51.2 Å². The second-order valence-electron chi connectivity index (χ2n) is 10.1. The minimum Gasteiger partial charge on any atom is -0.338 e. The number of nitrogens with zero attached hydrogens (tertiary/aromatic N) is 6. The van der Waals surface area contributed by atoms with Crippen LogP contribution in [0.1, 0.15) is 20.8 Å².